The maximum atomic E-state index is 6.74. The summed E-state index contributed by atoms with van der Waals surface area (Å²) in [5, 5.41) is 0. The quantitative estimate of drug-likeness (QED) is 0.291. The van der Waals surface area contributed by atoms with Gasteiger partial charge in [0.1, 0.15) is 11.5 Å². The molecule has 208 valence electrons. The molecule has 2 N–H and O–H groups in total. The molecule has 3 aliphatic rings. The molecular weight excluding hydrogens is 502 g/mol. The minimum atomic E-state index is 0.605. The fraction of sp³-hybridized carbons (Fsp3) is 0.237. The average molecular weight is 542 g/mol. The summed E-state index contributed by atoms with van der Waals surface area (Å²) in [5.74, 6) is 7.51. The lowest BCUT2D eigenvalue weighted by Gasteiger charge is -2.16. The molecule has 0 atom stereocenters. The number of benzene rings is 1. The van der Waals surface area contributed by atoms with Crippen LogP contribution in [0.3, 0.4) is 0 Å². The second-order valence-electron chi connectivity index (χ2n) is 10.2. The number of nitrogens with two attached hydrogens (primary N) is 1. The molecule has 0 bridgehead atoms. The predicted octanol–water partition coefficient (Wildman–Crippen LogP) is 8.39. The Labute approximate surface area is 245 Å². The zero-order valence-corrected chi connectivity index (χ0v) is 24.1. The highest BCUT2D eigenvalue weighted by Gasteiger charge is 2.17. The fourth-order valence-corrected chi connectivity index (χ4v) is 4.81. The number of hydrogen-bond donors (Lipinski definition) is 1. The molecule has 3 heteroatoms. The molecule has 0 amide bonds. The lowest BCUT2D eigenvalue weighted by atomic mass is 9.96. The lowest BCUT2D eigenvalue weighted by Crippen LogP contribution is -2.03. The summed E-state index contributed by atoms with van der Waals surface area (Å²) in [7, 11) is 0. The monoisotopic (exact) mass is 541 g/mol. The smallest absolute Gasteiger partial charge is 0.137 e. The second kappa shape index (κ2) is 14.9. The molecule has 1 aromatic carbocycles. The number of hydrogen-bond acceptors (Lipinski definition) is 3. The normalized spacial score (nSPS) is 21.1. The van der Waals surface area contributed by atoms with Crippen molar-refractivity contribution in [2.75, 3.05) is 19.8 Å². The average Bonchev–Trinajstić information content (AvgIpc) is 3.01. The van der Waals surface area contributed by atoms with Crippen LogP contribution < -0.4 is 10.5 Å². The van der Waals surface area contributed by atoms with Gasteiger partial charge in [0.2, 0.25) is 0 Å². The van der Waals surface area contributed by atoms with Crippen LogP contribution >= 0.6 is 0 Å². The van der Waals surface area contributed by atoms with E-state index in [0.717, 1.165) is 90.1 Å². The first-order chi connectivity index (χ1) is 20.0. The highest BCUT2D eigenvalue weighted by atomic mass is 16.5. The van der Waals surface area contributed by atoms with E-state index in [0.29, 0.717) is 12.3 Å². The summed E-state index contributed by atoms with van der Waals surface area (Å²) in [5.41, 5.74) is 18.4. The Hall–Kier alpha value is -4.32. The zero-order valence-electron chi connectivity index (χ0n) is 24.1. The maximum absolute atomic E-state index is 6.74. The Morgan fingerprint density at radius 1 is 1.10 bits per heavy atom. The summed E-state index contributed by atoms with van der Waals surface area (Å²) in [6.07, 6.45) is 22.9. The van der Waals surface area contributed by atoms with Gasteiger partial charge in [-0.15, -0.1) is 5.73 Å². The number of ether oxygens (including phenoxy) is 2. The molecule has 0 saturated carbocycles. The van der Waals surface area contributed by atoms with Crippen molar-refractivity contribution in [3.8, 4) is 17.6 Å². The summed E-state index contributed by atoms with van der Waals surface area (Å²) < 4.78 is 12.4. The van der Waals surface area contributed by atoms with Crippen molar-refractivity contribution in [3.05, 3.63) is 149 Å². The van der Waals surface area contributed by atoms with Gasteiger partial charge < -0.3 is 15.2 Å². The van der Waals surface area contributed by atoms with Gasteiger partial charge in [-0.25, -0.2) is 0 Å². The van der Waals surface area contributed by atoms with Crippen LogP contribution in [0.1, 0.15) is 50.2 Å². The fourth-order valence-electron chi connectivity index (χ4n) is 4.81. The van der Waals surface area contributed by atoms with Crippen molar-refractivity contribution in [2.24, 2.45) is 5.73 Å². The summed E-state index contributed by atoms with van der Waals surface area (Å²) >= 11 is 0. The number of allylic oxidation sites excluding steroid dienone is 13. The Morgan fingerprint density at radius 3 is 2.80 bits per heavy atom. The minimum Gasteiger partial charge on any atom is -0.457 e. The van der Waals surface area contributed by atoms with Gasteiger partial charge in [0.25, 0.3) is 0 Å². The van der Waals surface area contributed by atoms with E-state index in [2.05, 4.69) is 80.7 Å². The largest absolute Gasteiger partial charge is 0.457 e. The van der Waals surface area contributed by atoms with Gasteiger partial charge >= 0.3 is 0 Å². The third-order valence-electron chi connectivity index (χ3n) is 7.05. The van der Waals surface area contributed by atoms with E-state index in [-0.39, 0.29) is 0 Å². The first kappa shape index (κ1) is 29.7. The van der Waals surface area contributed by atoms with Gasteiger partial charge in [0, 0.05) is 23.3 Å². The van der Waals surface area contributed by atoms with E-state index in [1.54, 1.807) is 6.08 Å². The van der Waals surface area contributed by atoms with Crippen LogP contribution in [-0.2, 0) is 4.74 Å². The van der Waals surface area contributed by atoms with Gasteiger partial charge in [-0.3, -0.25) is 0 Å². The SMILES string of the molecule is C=CC#Cc1ccc(C2=C=CC/C=C(CCN)\C=C/C2=C)c(OC2=CC(/C3=C\CCOCCC3)=CC(=C)C(C)=C2)c1. The Morgan fingerprint density at radius 2 is 1.98 bits per heavy atom. The topological polar surface area (TPSA) is 44.5 Å². The van der Waals surface area contributed by atoms with Crippen molar-refractivity contribution in [1.29, 1.82) is 0 Å². The van der Waals surface area contributed by atoms with E-state index in [1.165, 1.54) is 11.1 Å². The van der Waals surface area contributed by atoms with Crippen molar-refractivity contribution >= 4 is 5.57 Å². The van der Waals surface area contributed by atoms with Crippen molar-refractivity contribution < 1.29 is 9.47 Å². The molecule has 0 aromatic heterocycles. The van der Waals surface area contributed by atoms with Gasteiger partial charge in [0.15, 0.2) is 0 Å². The molecule has 0 fully saturated rings. The van der Waals surface area contributed by atoms with E-state index < -0.39 is 0 Å². The summed E-state index contributed by atoms with van der Waals surface area (Å²) in [6.45, 7) is 16.6. The van der Waals surface area contributed by atoms with Crippen LogP contribution in [0.15, 0.2) is 138 Å². The third-order valence-corrected chi connectivity index (χ3v) is 7.05. The second-order valence-corrected chi connectivity index (χ2v) is 10.2. The molecule has 1 aromatic rings. The Bertz CT molecular complexity index is 1530. The third kappa shape index (κ3) is 8.34. The molecule has 0 saturated heterocycles. The van der Waals surface area contributed by atoms with Gasteiger partial charge in [-0.1, -0.05) is 61.5 Å². The van der Waals surface area contributed by atoms with Crippen LogP contribution in [0.4, 0.5) is 0 Å². The van der Waals surface area contributed by atoms with Gasteiger partial charge in [0.05, 0.1) is 6.61 Å². The van der Waals surface area contributed by atoms with Crippen molar-refractivity contribution in [1.82, 2.24) is 0 Å². The van der Waals surface area contributed by atoms with Gasteiger partial charge in [-0.05, 0) is 122 Å². The summed E-state index contributed by atoms with van der Waals surface area (Å²) in [6, 6.07) is 6.00. The van der Waals surface area contributed by atoms with E-state index in [9.17, 15) is 0 Å². The van der Waals surface area contributed by atoms with Crippen molar-refractivity contribution in [3.63, 3.8) is 0 Å². The highest BCUT2D eigenvalue weighted by molar-refractivity contribution is 5.84. The lowest BCUT2D eigenvalue weighted by molar-refractivity contribution is 0.134. The highest BCUT2D eigenvalue weighted by Crippen LogP contribution is 2.35. The first-order valence-corrected chi connectivity index (χ1v) is 14.2. The molecule has 3 nitrogen and oxygen atoms in total. The van der Waals surface area contributed by atoms with Crippen LogP contribution in [0.5, 0.6) is 5.75 Å². The predicted molar refractivity (Wildman–Crippen MR) is 172 cm³/mol. The maximum Gasteiger partial charge on any atom is 0.137 e. The van der Waals surface area contributed by atoms with Crippen LogP contribution in [0, 0.1) is 11.8 Å². The van der Waals surface area contributed by atoms with E-state index in [1.807, 2.05) is 30.4 Å². The van der Waals surface area contributed by atoms with Crippen LogP contribution in [0.2, 0.25) is 0 Å². The van der Waals surface area contributed by atoms with E-state index in [4.69, 9.17) is 15.2 Å². The first-order valence-electron chi connectivity index (χ1n) is 14.2. The van der Waals surface area contributed by atoms with Gasteiger partial charge in [-0.2, -0.15) is 0 Å². The summed E-state index contributed by atoms with van der Waals surface area (Å²) in [4.78, 5) is 0. The zero-order chi connectivity index (χ0) is 29.0. The Balaban J connectivity index is 1.78. The standard InChI is InChI=1S/C38H39NO2/c1-5-6-11-32-18-19-37(36-15-8-7-12-31(20-21-39)17-16-28(36)2)38(26-32)41-35-25-30(4)29(3)24-34(27-35)33-13-9-22-40-23-10-14-33/h5,8,12-13,16-19,24-27H,1-3,7,9-10,14,20-23,39H2,4H3/b17-16-,31-12+,33-13-. The van der Waals surface area contributed by atoms with E-state index >= 15 is 0 Å². The Kier molecular flexibility index (Phi) is 10.8. The molecular formula is C38H39NO2. The molecule has 2 aliphatic carbocycles. The van der Waals surface area contributed by atoms with Crippen LogP contribution in [-0.4, -0.2) is 19.8 Å². The number of rotatable bonds is 6. The van der Waals surface area contributed by atoms with Crippen LogP contribution in [0.25, 0.3) is 5.57 Å². The minimum absolute atomic E-state index is 0.605. The molecule has 41 heavy (non-hydrogen) atoms. The molecule has 1 heterocycles. The molecule has 0 spiro atoms. The molecule has 0 radical (unpaired) electrons. The molecule has 0 unspecified atom stereocenters. The van der Waals surface area contributed by atoms with Crippen molar-refractivity contribution in [2.45, 2.75) is 39.0 Å². The molecule has 1 aliphatic heterocycles. The molecule has 4 rings (SSSR count).